The van der Waals surface area contributed by atoms with Crippen LogP contribution in [0.25, 0.3) is 0 Å². The van der Waals surface area contributed by atoms with E-state index in [0.717, 1.165) is 29.7 Å². The van der Waals surface area contributed by atoms with Crippen molar-refractivity contribution in [1.29, 1.82) is 0 Å². The van der Waals surface area contributed by atoms with Gasteiger partial charge in [-0.1, -0.05) is 56.2 Å². The molecule has 0 saturated carbocycles. The number of carbonyl (C=O) groups excluding carboxylic acids is 2. The Morgan fingerprint density at radius 1 is 0.974 bits per heavy atom. The molecule has 0 spiro atoms. The molecular formula is C32H38N2O4. The Bertz CT molecular complexity index is 1250. The lowest BCUT2D eigenvalue weighted by molar-refractivity contribution is -0.121. The highest BCUT2D eigenvalue weighted by Gasteiger charge is 2.35. The predicted molar refractivity (Wildman–Crippen MR) is 151 cm³/mol. The first kappa shape index (κ1) is 27.2. The molecule has 6 nitrogen and oxygen atoms in total. The van der Waals surface area contributed by atoms with E-state index >= 15 is 0 Å². The van der Waals surface area contributed by atoms with E-state index in [0.29, 0.717) is 30.0 Å². The van der Waals surface area contributed by atoms with E-state index in [1.807, 2.05) is 50.2 Å². The highest BCUT2D eigenvalue weighted by Crippen LogP contribution is 2.31. The molecule has 1 aliphatic heterocycles. The zero-order valence-electron chi connectivity index (χ0n) is 22.8. The van der Waals surface area contributed by atoms with Crippen molar-refractivity contribution in [3.63, 3.8) is 0 Å². The van der Waals surface area contributed by atoms with Crippen molar-refractivity contribution >= 4 is 17.5 Å². The molecule has 3 aromatic carbocycles. The van der Waals surface area contributed by atoms with Gasteiger partial charge in [0.05, 0.1) is 13.2 Å². The molecular weight excluding hydrogens is 476 g/mol. The first-order chi connectivity index (χ1) is 18.4. The van der Waals surface area contributed by atoms with E-state index in [1.165, 1.54) is 18.4 Å². The highest BCUT2D eigenvalue weighted by atomic mass is 16.5. The van der Waals surface area contributed by atoms with Gasteiger partial charge in [0.1, 0.15) is 6.04 Å². The molecule has 0 fully saturated rings. The smallest absolute Gasteiger partial charge is 0.254 e. The Hall–Kier alpha value is -3.80. The second-order valence-electron chi connectivity index (χ2n) is 10.1. The van der Waals surface area contributed by atoms with Gasteiger partial charge in [0, 0.05) is 24.2 Å². The normalized spacial score (nSPS) is 14.7. The second-order valence-corrected chi connectivity index (χ2v) is 10.1. The molecule has 2 amide bonds. The lowest BCUT2D eigenvalue weighted by atomic mass is 9.92. The van der Waals surface area contributed by atoms with Crippen LogP contribution < -0.4 is 14.8 Å². The van der Waals surface area contributed by atoms with Crippen molar-refractivity contribution in [3.05, 3.63) is 89.0 Å². The van der Waals surface area contributed by atoms with Crippen molar-refractivity contribution in [2.24, 2.45) is 0 Å². The molecule has 0 aromatic heterocycles. The number of anilines is 1. The number of hydrogen-bond acceptors (Lipinski definition) is 4. The van der Waals surface area contributed by atoms with Gasteiger partial charge in [-0.25, -0.2) is 0 Å². The van der Waals surface area contributed by atoms with Crippen molar-refractivity contribution in [1.82, 2.24) is 4.90 Å². The number of carbonyl (C=O) groups is 2. The maximum absolute atomic E-state index is 13.8. The van der Waals surface area contributed by atoms with Crippen molar-refractivity contribution in [3.8, 4) is 11.5 Å². The minimum Gasteiger partial charge on any atom is -0.493 e. The third-order valence-corrected chi connectivity index (χ3v) is 6.88. The maximum Gasteiger partial charge on any atom is 0.254 e. The third kappa shape index (κ3) is 6.55. The van der Waals surface area contributed by atoms with Crippen LogP contribution >= 0.6 is 0 Å². The second kappa shape index (κ2) is 12.6. The molecule has 200 valence electrons. The summed E-state index contributed by atoms with van der Waals surface area (Å²) < 4.78 is 11.3. The van der Waals surface area contributed by atoms with E-state index < -0.39 is 6.04 Å². The lowest BCUT2D eigenvalue weighted by Gasteiger charge is -2.36. The number of aryl methyl sites for hydroxylation is 1. The quantitative estimate of drug-likeness (QED) is 0.317. The first-order valence-electron chi connectivity index (χ1n) is 13.5. The van der Waals surface area contributed by atoms with Crippen LogP contribution in [0.15, 0.2) is 66.7 Å². The molecule has 1 atom stereocenters. The number of methoxy groups -OCH3 is 1. The minimum atomic E-state index is -0.641. The molecule has 3 aromatic rings. The average Bonchev–Trinajstić information content (AvgIpc) is 2.92. The van der Waals surface area contributed by atoms with Gasteiger partial charge in [-0.05, 0) is 73.7 Å². The molecule has 0 radical (unpaired) electrons. The van der Waals surface area contributed by atoms with Crippen LogP contribution in [0, 0.1) is 0 Å². The van der Waals surface area contributed by atoms with E-state index in [4.69, 9.17) is 9.47 Å². The van der Waals surface area contributed by atoms with Crippen molar-refractivity contribution in [2.45, 2.75) is 71.6 Å². The van der Waals surface area contributed by atoms with Gasteiger partial charge in [0.15, 0.2) is 11.5 Å². The summed E-state index contributed by atoms with van der Waals surface area (Å²) in [6.45, 7) is 6.40. The number of nitrogens with one attached hydrogen (secondary N) is 1. The molecule has 0 aliphatic carbocycles. The SMILES string of the molecule is CCCCCc1ccc(NC(=O)[C@@H]2Cc3ccccc3CN2C(=O)c2ccc(OC)c(OC(C)C)c2)cc1. The summed E-state index contributed by atoms with van der Waals surface area (Å²) in [5, 5.41) is 3.05. The summed E-state index contributed by atoms with van der Waals surface area (Å²) in [4.78, 5) is 29.1. The monoisotopic (exact) mass is 514 g/mol. The van der Waals surface area contributed by atoms with Gasteiger partial charge < -0.3 is 19.7 Å². The summed E-state index contributed by atoms with van der Waals surface area (Å²) in [6.07, 6.45) is 4.98. The van der Waals surface area contributed by atoms with Crippen LogP contribution in [0.1, 0.15) is 67.1 Å². The molecule has 0 unspecified atom stereocenters. The summed E-state index contributed by atoms with van der Waals surface area (Å²) in [7, 11) is 1.57. The van der Waals surface area contributed by atoms with Crippen LogP contribution in [-0.4, -0.2) is 36.0 Å². The molecule has 6 heteroatoms. The van der Waals surface area contributed by atoms with Crippen LogP contribution in [0.4, 0.5) is 5.69 Å². The average molecular weight is 515 g/mol. The fourth-order valence-corrected chi connectivity index (χ4v) is 4.85. The molecule has 1 aliphatic rings. The standard InChI is InChI=1S/C32H38N2O4/c1-5-6-7-10-23-13-16-27(17-14-23)33-31(35)28-19-24-11-8-9-12-26(24)21-34(28)32(36)25-15-18-29(37-4)30(20-25)38-22(2)3/h8-9,11-18,20,22,28H,5-7,10,19,21H2,1-4H3,(H,33,35)/t28-/m0/s1. The minimum absolute atomic E-state index is 0.0762. The van der Waals surface area contributed by atoms with Crippen LogP contribution in [0.5, 0.6) is 11.5 Å². The molecule has 38 heavy (non-hydrogen) atoms. The molecule has 4 rings (SSSR count). The van der Waals surface area contributed by atoms with Gasteiger partial charge in [0.25, 0.3) is 5.91 Å². The van der Waals surface area contributed by atoms with Crippen LogP contribution in [0.2, 0.25) is 0 Å². The fourth-order valence-electron chi connectivity index (χ4n) is 4.85. The maximum atomic E-state index is 13.8. The fraction of sp³-hybridized carbons (Fsp3) is 0.375. The number of ether oxygens (including phenoxy) is 2. The molecule has 0 saturated heterocycles. The van der Waals surface area contributed by atoms with E-state index in [-0.39, 0.29) is 17.9 Å². The molecule has 1 N–H and O–H groups in total. The van der Waals surface area contributed by atoms with Crippen LogP contribution in [0.3, 0.4) is 0 Å². The number of unbranched alkanes of at least 4 members (excludes halogenated alkanes) is 2. The van der Waals surface area contributed by atoms with Gasteiger partial charge in [-0.15, -0.1) is 0 Å². The number of fused-ring (bicyclic) bond motifs is 1. The Kier molecular flexibility index (Phi) is 9.06. The first-order valence-corrected chi connectivity index (χ1v) is 13.5. The van der Waals surface area contributed by atoms with Gasteiger partial charge in [-0.2, -0.15) is 0 Å². The van der Waals surface area contributed by atoms with Gasteiger partial charge >= 0.3 is 0 Å². The van der Waals surface area contributed by atoms with Crippen molar-refractivity contribution in [2.75, 3.05) is 12.4 Å². The van der Waals surface area contributed by atoms with E-state index in [2.05, 4.69) is 24.4 Å². The number of nitrogens with zero attached hydrogens (tertiary/aromatic N) is 1. The Morgan fingerprint density at radius 3 is 2.39 bits per heavy atom. The highest BCUT2D eigenvalue weighted by molar-refractivity contribution is 6.02. The number of benzene rings is 3. The third-order valence-electron chi connectivity index (χ3n) is 6.88. The summed E-state index contributed by atoms with van der Waals surface area (Å²) in [5.41, 5.74) is 4.58. The van der Waals surface area contributed by atoms with Gasteiger partial charge in [0.2, 0.25) is 5.91 Å². The largest absolute Gasteiger partial charge is 0.493 e. The van der Waals surface area contributed by atoms with E-state index in [9.17, 15) is 9.59 Å². The Morgan fingerprint density at radius 2 is 1.71 bits per heavy atom. The zero-order chi connectivity index (χ0) is 27.1. The summed E-state index contributed by atoms with van der Waals surface area (Å²) in [5.74, 6) is 0.651. The number of amides is 2. The lowest BCUT2D eigenvalue weighted by Crippen LogP contribution is -2.50. The number of rotatable bonds is 10. The Labute approximate surface area is 226 Å². The van der Waals surface area contributed by atoms with E-state index in [1.54, 1.807) is 30.2 Å². The Balaban J connectivity index is 1.57. The molecule has 0 bridgehead atoms. The zero-order valence-corrected chi connectivity index (χ0v) is 22.8. The van der Waals surface area contributed by atoms with Crippen LogP contribution in [-0.2, 0) is 24.2 Å². The summed E-state index contributed by atoms with van der Waals surface area (Å²) >= 11 is 0. The van der Waals surface area contributed by atoms with Crippen molar-refractivity contribution < 1.29 is 19.1 Å². The van der Waals surface area contributed by atoms with Gasteiger partial charge in [-0.3, -0.25) is 9.59 Å². The number of hydrogen-bond donors (Lipinski definition) is 1. The topological polar surface area (TPSA) is 67.9 Å². The predicted octanol–water partition coefficient (Wildman–Crippen LogP) is 6.42. The molecule has 1 heterocycles. The summed E-state index contributed by atoms with van der Waals surface area (Å²) in [6, 6.07) is 20.5.